The summed E-state index contributed by atoms with van der Waals surface area (Å²) in [6.07, 6.45) is 0. The molecule has 2 aromatic rings. The van der Waals surface area contributed by atoms with Crippen LogP contribution < -0.4 is 20.7 Å². The van der Waals surface area contributed by atoms with Gasteiger partial charge >= 0.3 is 6.03 Å². The average molecular weight is 412 g/mol. The topological polar surface area (TPSA) is 79.5 Å². The fourth-order valence-corrected chi connectivity index (χ4v) is 2.76. The van der Waals surface area contributed by atoms with E-state index in [0.717, 1.165) is 11.3 Å². The van der Waals surface area contributed by atoms with E-state index >= 15 is 0 Å². The van der Waals surface area contributed by atoms with Crippen molar-refractivity contribution < 1.29 is 14.3 Å². The standard InChI is InChI=1S/C24H33N3O3/c1-17(2)27-23(29)26-16-18-6-8-19(9-7-18)22(28)25-14-15-30-21-12-10-20(11-13-21)24(3,4)5/h6-13,17H,14-16H2,1-5H3,(H,25,28)(H2,26,27,29). The highest BCUT2D eigenvalue weighted by Gasteiger charge is 2.13. The summed E-state index contributed by atoms with van der Waals surface area (Å²) in [4.78, 5) is 23.9. The van der Waals surface area contributed by atoms with E-state index in [9.17, 15) is 9.59 Å². The van der Waals surface area contributed by atoms with Crippen molar-refractivity contribution in [2.24, 2.45) is 0 Å². The fourth-order valence-electron chi connectivity index (χ4n) is 2.76. The van der Waals surface area contributed by atoms with Crippen LogP contribution in [0.4, 0.5) is 4.79 Å². The number of rotatable bonds is 8. The van der Waals surface area contributed by atoms with E-state index in [1.54, 1.807) is 12.1 Å². The molecule has 0 bridgehead atoms. The lowest BCUT2D eigenvalue weighted by Crippen LogP contribution is -2.39. The Balaban J connectivity index is 1.72. The van der Waals surface area contributed by atoms with Crippen LogP contribution in [0.2, 0.25) is 0 Å². The van der Waals surface area contributed by atoms with E-state index in [4.69, 9.17) is 4.74 Å². The molecule has 2 aromatic carbocycles. The Morgan fingerprint density at radius 1 is 0.933 bits per heavy atom. The van der Waals surface area contributed by atoms with Gasteiger partial charge in [0.05, 0.1) is 6.54 Å². The first kappa shape index (κ1) is 23.3. The van der Waals surface area contributed by atoms with Crippen LogP contribution in [0.5, 0.6) is 5.75 Å². The van der Waals surface area contributed by atoms with Gasteiger partial charge in [-0.05, 0) is 54.7 Å². The van der Waals surface area contributed by atoms with Crippen molar-refractivity contribution in [1.82, 2.24) is 16.0 Å². The van der Waals surface area contributed by atoms with Gasteiger partial charge in [0.2, 0.25) is 0 Å². The van der Waals surface area contributed by atoms with Crippen molar-refractivity contribution in [2.75, 3.05) is 13.2 Å². The lowest BCUT2D eigenvalue weighted by molar-refractivity contribution is 0.0947. The molecular formula is C24H33N3O3. The first-order chi connectivity index (χ1) is 14.1. The van der Waals surface area contributed by atoms with Gasteiger partial charge in [-0.25, -0.2) is 4.79 Å². The number of hydrogen-bond donors (Lipinski definition) is 3. The Morgan fingerprint density at radius 2 is 1.57 bits per heavy atom. The first-order valence-electron chi connectivity index (χ1n) is 10.3. The molecule has 6 heteroatoms. The maximum absolute atomic E-state index is 12.3. The Bertz CT molecular complexity index is 822. The minimum atomic E-state index is -0.208. The molecule has 0 aliphatic carbocycles. The quantitative estimate of drug-likeness (QED) is 0.575. The third kappa shape index (κ3) is 7.78. The maximum Gasteiger partial charge on any atom is 0.315 e. The van der Waals surface area contributed by atoms with Gasteiger partial charge in [-0.3, -0.25) is 4.79 Å². The number of urea groups is 1. The van der Waals surface area contributed by atoms with Crippen LogP contribution in [0.15, 0.2) is 48.5 Å². The molecule has 30 heavy (non-hydrogen) atoms. The fraction of sp³-hybridized carbons (Fsp3) is 0.417. The zero-order valence-electron chi connectivity index (χ0n) is 18.5. The molecular weight excluding hydrogens is 378 g/mol. The minimum absolute atomic E-state index is 0.0860. The van der Waals surface area contributed by atoms with Crippen molar-refractivity contribution >= 4 is 11.9 Å². The summed E-state index contributed by atoms with van der Waals surface area (Å²) in [5.74, 6) is 0.634. The second kappa shape index (κ2) is 10.7. The number of amides is 3. The summed E-state index contributed by atoms with van der Waals surface area (Å²) in [6.45, 7) is 11.5. The summed E-state index contributed by atoms with van der Waals surface area (Å²) >= 11 is 0. The summed E-state index contributed by atoms with van der Waals surface area (Å²) in [5.41, 5.74) is 2.85. The number of benzene rings is 2. The van der Waals surface area contributed by atoms with Crippen LogP contribution in [0.3, 0.4) is 0 Å². The van der Waals surface area contributed by atoms with Gasteiger partial charge in [0, 0.05) is 18.2 Å². The Labute approximate surface area is 179 Å². The molecule has 0 atom stereocenters. The number of carbonyl (C=O) groups is 2. The first-order valence-corrected chi connectivity index (χ1v) is 10.3. The molecule has 162 valence electrons. The second-order valence-electron chi connectivity index (χ2n) is 8.56. The number of ether oxygens (including phenoxy) is 1. The normalized spacial score (nSPS) is 11.1. The van der Waals surface area contributed by atoms with Gasteiger partial charge in [0.15, 0.2) is 0 Å². The Kier molecular flexibility index (Phi) is 8.27. The molecule has 0 spiro atoms. The summed E-state index contributed by atoms with van der Waals surface area (Å²) in [6, 6.07) is 15.1. The van der Waals surface area contributed by atoms with Crippen LogP contribution in [0.25, 0.3) is 0 Å². The smallest absolute Gasteiger partial charge is 0.315 e. The van der Waals surface area contributed by atoms with Crippen molar-refractivity contribution in [3.8, 4) is 5.75 Å². The van der Waals surface area contributed by atoms with E-state index in [1.807, 2.05) is 38.1 Å². The summed E-state index contributed by atoms with van der Waals surface area (Å²) in [5, 5.41) is 8.40. The van der Waals surface area contributed by atoms with Crippen LogP contribution in [0.1, 0.15) is 56.1 Å². The third-order valence-electron chi connectivity index (χ3n) is 4.47. The van der Waals surface area contributed by atoms with E-state index in [2.05, 4.69) is 48.9 Å². The van der Waals surface area contributed by atoms with E-state index in [0.29, 0.717) is 25.3 Å². The third-order valence-corrected chi connectivity index (χ3v) is 4.47. The zero-order valence-corrected chi connectivity index (χ0v) is 18.5. The van der Waals surface area contributed by atoms with Crippen LogP contribution in [0, 0.1) is 0 Å². The van der Waals surface area contributed by atoms with Gasteiger partial charge in [0.1, 0.15) is 12.4 Å². The molecule has 3 amide bonds. The minimum Gasteiger partial charge on any atom is -0.492 e. The molecule has 0 unspecified atom stereocenters. The highest BCUT2D eigenvalue weighted by Crippen LogP contribution is 2.24. The lowest BCUT2D eigenvalue weighted by Gasteiger charge is -2.19. The van der Waals surface area contributed by atoms with Crippen molar-refractivity contribution in [3.63, 3.8) is 0 Å². The molecule has 0 aliphatic rings. The van der Waals surface area contributed by atoms with Gasteiger partial charge in [-0.1, -0.05) is 45.0 Å². The molecule has 0 aromatic heterocycles. The predicted octanol–water partition coefficient (Wildman–Crippen LogP) is 4.00. The highest BCUT2D eigenvalue weighted by molar-refractivity contribution is 5.94. The van der Waals surface area contributed by atoms with E-state index in [1.165, 1.54) is 5.56 Å². The summed E-state index contributed by atoms with van der Waals surface area (Å²) < 4.78 is 5.70. The Hall–Kier alpha value is -3.02. The molecule has 0 fully saturated rings. The van der Waals surface area contributed by atoms with Gasteiger partial charge in [-0.15, -0.1) is 0 Å². The van der Waals surface area contributed by atoms with Crippen molar-refractivity contribution in [2.45, 2.75) is 52.6 Å². The molecule has 6 nitrogen and oxygen atoms in total. The zero-order chi connectivity index (χ0) is 22.1. The maximum atomic E-state index is 12.3. The molecule has 2 rings (SSSR count). The van der Waals surface area contributed by atoms with Crippen molar-refractivity contribution in [1.29, 1.82) is 0 Å². The molecule has 0 saturated heterocycles. The van der Waals surface area contributed by atoms with Crippen LogP contribution >= 0.6 is 0 Å². The number of nitrogens with one attached hydrogen (secondary N) is 3. The summed E-state index contributed by atoms with van der Waals surface area (Å²) in [7, 11) is 0. The number of carbonyl (C=O) groups excluding carboxylic acids is 2. The highest BCUT2D eigenvalue weighted by atomic mass is 16.5. The SMILES string of the molecule is CC(C)NC(=O)NCc1ccc(C(=O)NCCOc2ccc(C(C)(C)C)cc2)cc1. The molecule has 0 heterocycles. The second-order valence-corrected chi connectivity index (χ2v) is 8.56. The molecule has 0 radical (unpaired) electrons. The largest absolute Gasteiger partial charge is 0.492 e. The van der Waals surface area contributed by atoms with Crippen LogP contribution in [-0.2, 0) is 12.0 Å². The monoisotopic (exact) mass is 411 g/mol. The molecule has 0 aliphatic heterocycles. The van der Waals surface area contributed by atoms with E-state index in [-0.39, 0.29) is 23.4 Å². The Morgan fingerprint density at radius 3 is 2.13 bits per heavy atom. The average Bonchev–Trinajstić information content (AvgIpc) is 2.69. The molecule has 0 saturated carbocycles. The molecule has 3 N–H and O–H groups in total. The van der Waals surface area contributed by atoms with Gasteiger partial charge in [0.25, 0.3) is 5.91 Å². The van der Waals surface area contributed by atoms with Gasteiger partial charge < -0.3 is 20.7 Å². The van der Waals surface area contributed by atoms with E-state index < -0.39 is 0 Å². The number of hydrogen-bond acceptors (Lipinski definition) is 3. The lowest BCUT2D eigenvalue weighted by atomic mass is 9.87. The van der Waals surface area contributed by atoms with Gasteiger partial charge in [-0.2, -0.15) is 0 Å². The van der Waals surface area contributed by atoms with Crippen molar-refractivity contribution in [3.05, 3.63) is 65.2 Å². The predicted molar refractivity (Wildman–Crippen MR) is 120 cm³/mol. The van der Waals surface area contributed by atoms with Crippen LogP contribution in [-0.4, -0.2) is 31.1 Å².